The van der Waals surface area contributed by atoms with Gasteiger partial charge in [0, 0.05) is 25.6 Å². The summed E-state index contributed by atoms with van der Waals surface area (Å²) in [5.74, 6) is -0.215. The molecule has 1 atom stereocenters. The molecular formula is C17H21FN2O4. The third kappa shape index (κ3) is 3.84. The monoisotopic (exact) mass is 336 g/mol. The molecule has 0 saturated carbocycles. The van der Waals surface area contributed by atoms with Crippen molar-refractivity contribution in [2.24, 2.45) is 0 Å². The second-order valence-corrected chi connectivity index (χ2v) is 6.45. The molecule has 2 aliphatic rings. The highest BCUT2D eigenvalue weighted by atomic mass is 19.1. The molecule has 0 aromatic heterocycles. The molecule has 2 amide bonds. The predicted molar refractivity (Wildman–Crippen MR) is 83.9 cm³/mol. The van der Waals surface area contributed by atoms with Gasteiger partial charge in [-0.25, -0.2) is 4.39 Å². The van der Waals surface area contributed by atoms with E-state index in [1.165, 1.54) is 18.2 Å². The number of carbonyl (C=O) groups excluding carboxylic acids is 2. The fraction of sp³-hybridized carbons (Fsp3) is 0.529. The molecule has 0 aliphatic carbocycles. The van der Waals surface area contributed by atoms with Crippen molar-refractivity contribution in [3.8, 4) is 5.75 Å². The molecule has 1 N–H and O–H groups in total. The molecule has 0 bridgehead atoms. The third-order valence-electron chi connectivity index (χ3n) is 4.49. The highest BCUT2D eigenvalue weighted by Gasteiger charge is 2.39. The number of halogens is 1. The first-order valence-corrected chi connectivity index (χ1v) is 8.11. The first-order chi connectivity index (χ1) is 11.5. The van der Waals surface area contributed by atoms with E-state index in [0.717, 1.165) is 6.42 Å². The van der Waals surface area contributed by atoms with Crippen LogP contribution in [0, 0.1) is 5.82 Å². The van der Waals surface area contributed by atoms with Gasteiger partial charge in [-0.2, -0.15) is 0 Å². The van der Waals surface area contributed by atoms with Crippen molar-refractivity contribution in [3.05, 3.63) is 30.1 Å². The van der Waals surface area contributed by atoms with Crippen LogP contribution < -0.4 is 4.74 Å². The first-order valence-electron chi connectivity index (χ1n) is 8.11. The normalized spacial score (nSPS) is 23.8. The summed E-state index contributed by atoms with van der Waals surface area (Å²) in [6.07, 6.45) is 1.68. The Hall–Kier alpha value is -2.15. The molecule has 24 heavy (non-hydrogen) atoms. The zero-order valence-corrected chi connectivity index (χ0v) is 13.4. The molecule has 1 aromatic rings. The van der Waals surface area contributed by atoms with Crippen molar-refractivity contribution in [1.82, 2.24) is 9.80 Å². The number of hydrogen-bond acceptors (Lipinski definition) is 4. The molecule has 6 nitrogen and oxygen atoms in total. The van der Waals surface area contributed by atoms with E-state index in [9.17, 15) is 19.1 Å². The van der Waals surface area contributed by atoms with Crippen LogP contribution in [0.5, 0.6) is 5.75 Å². The third-order valence-corrected chi connectivity index (χ3v) is 4.49. The fourth-order valence-electron chi connectivity index (χ4n) is 3.10. The zero-order valence-electron chi connectivity index (χ0n) is 13.4. The van der Waals surface area contributed by atoms with E-state index in [-0.39, 0.29) is 31.5 Å². The maximum atomic E-state index is 13.1. The molecule has 2 aliphatic heterocycles. The van der Waals surface area contributed by atoms with E-state index in [1.54, 1.807) is 15.9 Å². The molecule has 2 fully saturated rings. The molecule has 1 unspecified atom stereocenters. The van der Waals surface area contributed by atoms with Gasteiger partial charge in [-0.05, 0) is 25.0 Å². The van der Waals surface area contributed by atoms with Gasteiger partial charge in [-0.15, -0.1) is 0 Å². The Labute approximate surface area is 139 Å². The van der Waals surface area contributed by atoms with E-state index >= 15 is 0 Å². The lowest BCUT2D eigenvalue weighted by molar-refractivity contribution is -0.138. The van der Waals surface area contributed by atoms with Crippen LogP contribution in [0.3, 0.4) is 0 Å². The summed E-state index contributed by atoms with van der Waals surface area (Å²) in [5.41, 5.74) is -1.16. The Bertz CT molecular complexity index is 639. The van der Waals surface area contributed by atoms with Crippen LogP contribution >= 0.6 is 0 Å². The van der Waals surface area contributed by atoms with Gasteiger partial charge in [0.25, 0.3) is 0 Å². The highest BCUT2D eigenvalue weighted by Crippen LogP contribution is 2.24. The number of β-amino-alcohol motifs (C(OH)–C–C–N with tert-alkyl or cyclic N) is 1. The van der Waals surface area contributed by atoms with E-state index in [4.69, 9.17) is 4.74 Å². The maximum absolute atomic E-state index is 13.1. The van der Waals surface area contributed by atoms with Crippen LogP contribution in [0.4, 0.5) is 4.39 Å². The van der Waals surface area contributed by atoms with Gasteiger partial charge in [0.1, 0.15) is 23.8 Å². The smallest absolute Gasteiger partial charge is 0.242 e. The van der Waals surface area contributed by atoms with E-state index in [1.807, 2.05) is 0 Å². The Balaban J connectivity index is 1.51. The zero-order chi connectivity index (χ0) is 17.2. The number of likely N-dealkylation sites (tertiary alicyclic amines) is 2. The minimum atomic E-state index is -1.16. The summed E-state index contributed by atoms with van der Waals surface area (Å²) < 4.78 is 18.6. The highest BCUT2D eigenvalue weighted by molar-refractivity contribution is 5.86. The van der Waals surface area contributed by atoms with Gasteiger partial charge in [0.15, 0.2) is 0 Å². The van der Waals surface area contributed by atoms with Crippen LogP contribution in [0.1, 0.15) is 19.3 Å². The number of aliphatic hydroxyl groups is 1. The summed E-state index contributed by atoms with van der Waals surface area (Å²) >= 11 is 0. The quantitative estimate of drug-likeness (QED) is 0.863. The molecule has 130 valence electrons. The summed E-state index contributed by atoms with van der Waals surface area (Å²) in [5, 5.41) is 10.6. The largest absolute Gasteiger partial charge is 0.490 e. The van der Waals surface area contributed by atoms with Crippen LogP contribution in [0.15, 0.2) is 24.3 Å². The summed E-state index contributed by atoms with van der Waals surface area (Å²) in [7, 11) is 0. The van der Waals surface area contributed by atoms with Crippen molar-refractivity contribution in [2.45, 2.75) is 24.9 Å². The maximum Gasteiger partial charge on any atom is 0.242 e. The van der Waals surface area contributed by atoms with Crippen molar-refractivity contribution < 1.29 is 23.8 Å². The Morgan fingerprint density at radius 3 is 2.92 bits per heavy atom. The van der Waals surface area contributed by atoms with Gasteiger partial charge >= 0.3 is 0 Å². The molecular weight excluding hydrogens is 315 g/mol. The first kappa shape index (κ1) is 16.7. The number of nitrogens with zero attached hydrogens (tertiary/aromatic N) is 2. The van der Waals surface area contributed by atoms with Crippen molar-refractivity contribution in [1.29, 1.82) is 0 Å². The topological polar surface area (TPSA) is 70.1 Å². The summed E-state index contributed by atoms with van der Waals surface area (Å²) in [6.45, 7) is 1.25. The average molecular weight is 336 g/mol. The molecule has 3 rings (SSSR count). The number of hydrogen-bond donors (Lipinski definition) is 1. The van der Waals surface area contributed by atoms with Crippen molar-refractivity contribution in [3.63, 3.8) is 0 Å². The second kappa shape index (κ2) is 6.76. The molecule has 2 saturated heterocycles. The molecule has 7 heteroatoms. The number of rotatable bonds is 5. The van der Waals surface area contributed by atoms with Crippen LogP contribution in [0.2, 0.25) is 0 Å². The molecule has 0 radical (unpaired) electrons. The van der Waals surface area contributed by atoms with E-state index in [0.29, 0.717) is 31.7 Å². The van der Waals surface area contributed by atoms with Crippen molar-refractivity contribution in [2.75, 3.05) is 32.8 Å². The Morgan fingerprint density at radius 1 is 1.38 bits per heavy atom. The van der Waals surface area contributed by atoms with E-state index < -0.39 is 11.4 Å². The van der Waals surface area contributed by atoms with Gasteiger partial charge in [0.05, 0.1) is 13.1 Å². The lowest BCUT2D eigenvalue weighted by Crippen LogP contribution is -2.44. The second-order valence-electron chi connectivity index (χ2n) is 6.45. The lowest BCUT2D eigenvalue weighted by atomic mass is 10.1. The Morgan fingerprint density at radius 2 is 2.21 bits per heavy atom. The van der Waals surface area contributed by atoms with E-state index in [2.05, 4.69) is 0 Å². The van der Waals surface area contributed by atoms with Gasteiger partial charge in [-0.1, -0.05) is 6.07 Å². The summed E-state index contributed by atoms with van der Waals surface area (Å²) in [6, 6.07) is 5.72. The standard InChI is InChI=1S/C17H21FN2O4/c18-13-3-1-4-14(9-13)24-12-17(23)6-8-20(11-17)16(22)10-19-7-2-5-15(19)21/h1,3-4,9,23H,2,5-8,10-12H2. The van der Waals surface area contributed by atoms with Gasteiger partial charge in [0.2, 0.25) is 11.8 Å². The number of benzene rings is 1. The lowest BCUT2D eigenvalue weighted by Gasteiger charge is -2.25. The minimum Gasteiger partial charge on any atom is -0.490 e. The summed E-state index contributed by atoms with van der Waals surface area (Å²) in [4.78, 5) is 27.0. The SMILES string of the molecule is O=C1CCCN1CC(=O)N1CCC(O)(COc2cccc(F)c2)C1. The predicted octanol–water partition coefficient (Wildman–Crippen LogP) is 0.790. The van der Waals surface area contributed by atoms with Crippen LogP contribution in [-0.2, 0) is 9.59 Å². The fourth-order valence-corrected chi connectivity index (χ4v) is 3.10. The number of carbonyl (C=O) groups is 2. The Kier molecular flexibility index (Phi) is 4.71. The van der Waals surface area contributed by atoms with Crippen LogP contribution in [-0.4, -0.2) is 65.1 Å². The van der Waals surface area contributed by atoms with Crippen LogP contribution in [0.25, 0.3) is 0 Å². The average Bonchev–Trinajstić information content (AvgIpc) is 3.13. The number of ether oxygens (including phenoxy) is 1. The van der Waals surface area contributed by atoms with Crippen molar-refractivity contribution >= 4 is 11.8 Å². The van der Waals surface area contributed by atoms with Gasteiger partial charge < -0.3 is 19.6 Å². The molecule has 0 spiro atoms. The van der Waals surface area contributed by atoms with Gasteiger partial charge in [-0.3, -0.25) is 9.59 Å². The molecule has 2 heterocycles. The number of amides is 2. The minimum absolute atomic E-state index is 0.00671. The molecule has 1 aromatic carbocycles.